The largest absolute Gasteiger partial charge is 0.385 e. The first-order chi connectivity index (χ1) is 7.86. The van der Waals surface area contributed by atoms with Crippen LogP contribution in [-0.4, -0.2) is 24.3 Å². The van der Waals surface area contributed by atoms with Crippen molar-refractivity contribution in [2.45, 2.75) is 19.1 Å². The molecule has 0 aliphatic carbocycles. The van der Waals surface area contributed by atoms with Gasteiger partial charge in [-0.25, -0.2) is 0 Å². The van der Waals surface area contributed by atoms with Crippen LogP contribution in [0.15, 0.2) is 24.3 Å². The standard InChI is InChI=1S/C13H21NS2/c1-3-16-10-4-9-14-13-7-5-12(6-8-13)11-15-2/h5-8,14H,3-4,9-11H2,1-2H3. The van der Waals surface area contributed by atoms with E-state index in [1.807, 2.05) is 23.5 Å². The molecule has 0 aromatic heterocycles. The third-order valence-electron chi connectivity index (χ3n) is 2.26. The lowest BCUT2D eigenvalue weighted by Gasteiger charge is -2.06. The maximum Gasteiger partial charge on any atom is 0.0340 e. The van der Waals surface area contributed by atoms with Crippen molar-refractivity contribution >= 4 is 29.2 Å². The van der Waals surface area contributed by atoms with Crippen LogP contribution in [0.1, 0.15) is 18.9 Å². The summed E-state index contributed by atoms with van der Waals surface area (Å²) >= 11 is 3.87. The molecular weight excluding hydrogens is 234 g/mol. The van der Waals surface area contributed by atoms with Crippen molar-refractivity contribution in [3.8, 4) is 0 Å². The molecule has 0 amide bonds. The maximum absolute atomic E-state index is 3.45. The highest BCUT2D eigenvalue weighted by atomic mass is 32.2. The molecule has 0 spiro atoms. The number of hydrogen-bond acceptors (Lipinski definition) is 3. The van der Waals surface area contributed by atoms with E-state index in [1.54, 1.807) is 0 Å². The predicted octanol–water partition coefficient (Wildman–Crippen LogP) is 4.10. The topological polar surface area (TPSA) is 12.0 Å². The zero-order chi connectivity index (χ0) is 11.6. The fourth-order valence-electron chi connectivity index (χ4n) is 1.44. The van der Waals surface area contributed by atoms with Crippen LogP contribution < -0.4 is 5.32 Å². The SMILES string of the molecule is CCSCCCNc1ccc(CSC)cc1. The van der Waals surface area contributed by atoms with Gasteiger partial charge < -0.3 is 5.32 Å². The second kappa shape index (κ2) is 8.82. The monoisotopic (exact) mass is 255 g/mol. The van der Waals surface area contributed by atoms with Gasteiger partial charge in [0, 0.05) is 18.0 Å². The van der Waals surface area contributed by atoms with Gasteiger partial charge in [-0.2, -0.15) is 23.5 Å². The molecule has 0 unspecified atom stereocenters. The van der Waals surface area contributed by atoms with Gasteiger partial charge in [0.15, 0.2) is 0 Å². The fourth-order valence-corrected chi connectivity index (χ4v) is 2.60. The summed E-state index contributed by atoms with van der Waals surface area (Å²) in [6, 6.07) is 8.77. The molecule has 0 bridgehead atoms. The highest BCUT2D eigenvalue weighted by molar-refractivity contribution is 7.99. The Kier molecular flexibility index (Phi) is 7.60. The van der Waals surface area contributed by atoms with E-state index >= 15 is 0 Å². The van der Waals surface area contributed by atoms with Crippen molar-refractivity contribution in [2.24, 2.45) is 0 Å². The lowest BCUT2D eigenvalue weighted by atomic mass is 10.2. The molecule has 0 aliphatic rings. The molecule has 1 N–H and O–H groups in total. The Labute approximate surface area is 108 Å². The van der Waals surface area contributed by atoms with Crippen LogP contribution in [0, 0.1) is 0 Å². The first kappa shape index (κ1) is 13.8. The van der Waals surface area contributed by atoms with E-state index in [0.717, 1.165) is 12.3 Å². The number of thioether (sulfide) groups is 2. The van der Waals surface area contributed by atoms with Crippen LogP contribution >= 0.6 is 23.5 Å². The van der Waals surface area contributed by atoms with Crippen LogP contribution in [0.4, 0.5) is 5.69 Å². The van der Waals surface area contributed by atoms with E-state index in [4.69, 9.17) is 0 Å². The highest BCUT2D eigenvalue weighted by Crippen LogP contribution is 2.13. The van der Waals surface area contributed by atoms with Crippen LogP contribution in [0.5, 0.6) is 0 Å². The molecule has 0 saturated heterocycles. The second-order valence-corrected chi connectivity index (χ2v) is 5.87. The zero-order valence-electron chi connectivity index (χ0n) is 10.2. The van der Waals surface area contributed by atoms with Gasteiger partial charge in [-0.1, -0.05) is 19.1 Å². The lowest BCUT2D eigenvalue weighted by molar-refractivity contribution is 0.991. The number of benzene rings is 1. The Balaban J connectivity index is 2.21. The molecule has 3 heteroatoms. The van der Waals surface area contributed by atoms with E-state index in [1.165, 1.54) is 29.2 Å². The Morgan fingerprint density at radius 3 is 2.56 bits per heavy atom. The van der Waals surface area contributed by atoms with Crippen molar-refractivity contribution < 1.29 is 0 Å². The highest BCUT2D eigenvalue weighted by Gasteiger charge is 1.93. The minimum absolute atomic E-state index is 1.08. The first-order valence-electron chi connectivity index (χ1n) is 5.76. The molecule has 0 fully saturated rings. The summed E-state index contributed by atoms with van der Waals surface area (Å²) in [5.74, 6) is 3.59. The van der Waals surface area contributed by atoms with Crippen molar-refractivity contribution in [3.63, 3.8) is 0 Å². The lowest BCUT2D eigenvalue weighted by Crippen LogP contribution is -2.02. The van der Waals surface area contributed by atoms with Crippen LogP contribution in [0.25, 0.3) is 0 Å². The molecular formula is C13H21NS2. The van der Waals surface area contributed by atoms with Gasteiger partial charge in [0.25, 0.3) is 0 Å². The molecule has 1 rings (SSSR count). The average Bonchev–Trinajstić information content (AvgIpc) is 2.31. The number of anilines is 1. The van der Waals surface area contributed by atoms with Gasteiger partial charge in [0.2, 0.25) is 0 Å². The van der Waals surface area contributed by atoms with Gasteiger partial charge in [-0.05, 0) is 41.9 Å². The second-order valence-electron chi connectivity index (χ2n) is 3.61. The van der Waals surface area contributed by atoms with E-state index in [-0.39, 0.29) is 0 Å². The van der Waals surface area contributed by atoms with Crippen LogP contribution in [0.3, 0.4) is 0 Å². The summed E-state index contributed by atoms with van der Waals surface area (Å²) in [6.07, 6.45) is 3.38. The fraction of sp³-hybridized carbons (Fsp3) is 0.538. The Morgan fingerprint density at radius 1 is 1.19 bits per heavy atom. The molecule has 16 heavy (non-hydrogen) atoms. The first-order valence-corrected chi connectivity index (χ1v) is 8.31. The minimum atomic E-state index is 1.08. The summed E-state index contributed by atoms with van der Waals surface area (Å²) in [7, 11) is 0. The smallest absolute Gasteiger partial charge is 0.0340 e. The van der Waals surface area contributed by atoms with Crippen molar-refractivity contribution in [3.05, 3.63) is 29.8 Å². The molecule has 0 aliphatic heterocycles. The quantitative estimate of drug-likeness (QED) is 0.702. The van der Waals surface area contributed by atoms with Crippen molar-refractivity contribution in [2.75, 3.05) is 29.6 Å². The molecule has 90 valence electrons. The van der Waals surface area contributed by atoms with Crippen LogP contribution in [0.2, 0.25) is 0 Å². The van der Waals surface area contributed by atoms with Gasteiger partial charge in [0.1, 0.15) is 0 Å². The third-order valence-corrected chi connectivity index (χ3v) is 3.87. The molecule has 1 aromatic rings. The summed E-state index contributed by atoms with van der Waals surface area (Å²) < 4.78 is 0. The summed E-state index contributed by atoms with van der Waals surface area (Å²) in [4.78, 5) is 0. The zero-order valence-corrected chi connectivity index (χ0v) is 11.8. The molecule has 0 saturated carbocycles. The summed E-state index contributed by atoms with van der Waals surface area (Å²) in [5.41, 5.74) is 2.64. The molecule has 0 radical (unpaired) electrons. The van der Waals surface area contributed by atoms with Gasteiger partial charge in [0.05, 0.1) is 0 Å². The number of rotatable bonds is 8. The van der Waals surface area contributed by atoms with E-state index < -0.39 is 0 Å². The third kappa shape index (κ3) is 5.71. The Hall–Kier alpha value is -0.280. The van der Waals surface area contributed by atoms with E-state index in [9.17, 15) is 0 Å². The normalized spacial score (nSPS) is 10.4. The molecule has 1 aromatic carbocycles. The maximum atomic E-state index is 3.45. The minimum Gasteiger partial charge on any atom is -0.385 e. The molecule has 0 atom stereocenters. The van der Waals surface area contributed by atoms with Crippen LogP contribution in [-0.2, 0) is 5.75 Å². The number of nitrogens with one attached hydrogen (secondary N) is 1. The molecule has 1 nitrogen and oxygen atoms in total. The van der Waals surface area contributed by atoms with Gasteiger partial charge >= 0.3 is 0 Å². The summed E-state index contributed by atoms with van der Waals surface area (Å²) in [5, 5.41) is 3.45. The Bertz CT molecular complexity index is 272. The van der Waals surface area contributed by atoms with E-state index in [2.05, 4.69) is 42.8 Å². The average molecular weight is 255 g/mol. The Morgan fingerprint density at radius 2 is 1.94 bits per heavy atom. The number of hydrogen-bond donors (Lipinski definition) is 1. The van der Waals surface area contributed by atoms with Gasteiger partial charge in [-0.15, -0.1) is 0 Å². The van der Waals surface area contributed by atoms with Gasteiger partial charge in [-0.3, -0.25) is 0 Å². The molecule has 0 heterocycles. The predicted molar refractivity (Wildman–Crippen MR) is 79.8 cm³/mol. The van der Waals surface area contributed by atoms with E-state index in [0.29, 0.717) is 0 Å². The summed E-state index contributed by atoms with van der Waals surface area (Å²) in [6.45, 7) is 3.29. The van der Waals surface area contributed by atoms with Crippen molar-refractivity contribution in [1.29, 1.82) is 0 Å². The van der Waals surface area contributed by atoms with Crippen molar-refractivity contribution in [1.82, 2.24) is 0 Å².